The van der Waals surface area contributed by atoms with Crippen molar-refractivity contribution in [3.05, 3.63) is 74.7 Å². The maximum Gasteiger partial charge on any atom is 0.332 e. The molecule has 4 heterocycles. The first-order valence-corrected chi connectivity index (χ1v) is 14.4. The number of rotatable bonds is 9. The Balaban J connectivity index is 1.28. The fraction of sp³-hybridized carbons (Fsp3) is 0.500. The third-order valence-electron chi connectivity index (χ3n) is 8.18. The summed E-state index contributed by atoms with van der Waals surface area (Å²) >= 11 is 0. The van der Waals surface area contributed by atoms with Crippen molar-refractivity contribution in [2.45, 2.75) is 57.7 Å². The molecule has 2 N–H and O–H groups in total. The van der Waals surface area contributed by atoms with Crippen molar-refractivity contribution in [2.24, 2.45) is 11.7 Å². The summed E-state index contributed by atoms with van der Waals surface area (Å²) in [4.78, 5) is 40.1. The number of anilines is 2. The number of ether oxygens (including phenoxy) is 1. The molecule has 1 atom stereocenters. The van der Waals surface area contributed by atoms with Gasteiger partial charge in [-0.25, -0.2) is 14.8 Å². The molecule has 0 radical (unpaired) electrons. The van der Waals surface area contributed by atoms with Gasteiger partial charge in [-0.3, -0.25) is 13.9 Å². The van der Waals surface area contributed by atoms with Gasteiger partial charge in [0.1, 0.15) is 5.82 Å². The van der Waals surface area contributed by atoms with Crippen molar-refractivity contribution in [3.63, 3.8) is 0 Å². The van der Waals surface area contributed by atoms with Crippen LogP contribution in [0.3, 0.4) is 0 Å². The maximum atomic E-state index is 13.8. The zero-order valence-corrected chi connectivity index (χ0v) is 23.6. The van der Waals surface area contributed by atoms with Crippen LogP contribution in [0.15, 0.2) is 52.3 Å². The Morgan fingerprint density at radius 3 is 2.54 bits per heavy atom. The van der Waals surface area contributed by atoms with Crippen molar-refractivity contribution in [3.8, 4) is 11.8 Å². The number of hydrogen-bond acceptors (Lipinski definition) is 9. The predicted octanol–water partition coefficient (Wildman–Crippen LogP) is 2.35. The molecule has 0 spiro atoms. The van der Waals surface area contributed by atoms with E-state index in [-0.39, 0.29) is 23.8 Å². The fourth-order valence-electron chi connectivity index (χ4n) is 5.90. The number of benzene rings is 1. The highest BCUT2D eigenvalue weighted by atomic mass is 16.5. The molecule has 0 bridgehead atoms. The summed E-state index contributed by atoms with van der Waals surface area (Å²) in [6, 6.07) is 11.0. The highest BCUT2D eigenvalue weighted by Crippen LogP contribution is 2.25. The topological polar surface area (TPSA) is 135 Å². The second-order valence-corrected chi connectivity index (χ2v) is 11.0. The van der Waals surface area contributed by atoms with E-state index >= 15 is 0 Å². The SMILES string of the molecule is COc1cnc(N2CCC(CCCn3c(=O)cc(N4CCCC(N)C4)n(Cc4cccc(C#N)c4)c3=O)CC2)nc1. The van der Waals surface area contributed by atoms with E-state index in [1.54, 1.807) is 42.3 Å². The van der Waals surface area contributed by atoms with E-state index in [1.165, 1.54) is 4.57 Å². The van der Waals surface area contributed by atoms with Crippen LogP contribution in [-0.4, -0.2) is 58.4 Å². The molecule has 0 saturated carbocycles. The van der Waals surface area contributed by atoms with E-state index in [9.17, 15) is 14.9 Å². The smallest absolute Gasteiger partial charge is 0.332 e. The number of hydrogen-bond donors (Lipinski definition) is 1. The number of aromatic nitrogens is 4. The molecule has 2 saturated heterocycles. The van der Waals surface area contributed by atoms with Crippen LogP contribution in [0.4, 0.5) is 11.8 Å². The van der Waals surface area contributed by atoms with Crippen LogP contribution in [0.25, 0.3) is 0 Å². The molecule has 2 aliphatic heterocycles. The van der Waals surface area contributed by atoms with Gasteiger partial charge in [-0.15, -0.1) is 0 Å². The quantitative estimate of drug-likeness (QED) is 0.420. The number of nitrogens with zero attached hydrogens (tertiary/aromatic N) is 7. The van der Waals surface area contributed by atoms with Crippen molar-refractivity contribution in [1.29, 1.82) is 5.26 Å². The van der Waals surface area contributed by atoms with Crippen LogP contribution in [0.5, 0.6) is 5.75 Å². The van der Waals surface area contributed by atoms with Crippen LogP contribution in [0, 0.1) is 17.2 Å². The maximum absolute atomic E-state index is 13.8. The average Bonchev–Trinajstić information content (AvgIpc) is 3.00. The first kappa shape index (κ1) is 28.4. The van der Waals surface area contributed by atoms with Gasteiger partial charge in [-0.05, 0) is 62.1 Å². The number of piperidine rings is 2. The van der Waals surface area contributed by atoms with E-state index < -0.39 is 0 Å². The molecule has 2 aliphatic rings. The molecule has 3 aromatic rings. The Morgan fingerprint density at radius 1 is 1.05 bits per heavy atom. The summed E-state index contributed by atoms with van der Waals surface area (Å²) in [6.07, 6.45) is 8.91. The molecular formula is C30H38N8O3. The molecule has 2 aromatic heterocycles. The van der Waals surface area contributed by atoms with Crippen LogP contribution in [0.1, 0.15) is 49.7 Å². The Kier molecular flexibility index (Phi) is 8.99. The monoisotopic (exact) mass is 558 g/mol. The van der Waals surface area contributed by atoms with Crippen molar-refractivity contribution >= 4 is 11.8 Å². The van der Waals surface area contributed by atoms with Gasteiger partial charge in [0.2, 0.25) is 5.95 Å². The molecule has 2 fully saturated rings. The predicted molar refractivity (Wildman–Crippen MR) is 157 cm³/mol. The zero-order valence-electron chi connectivity index (χ0n) is 23.6. The van der Waals surface area contributed by atoms with Gasteiger partial charge in [0.25, 0.3) is 5.56 Å². The zero-order chi connectivity index (χ0) is 28.8. The van der Waals surface area contributed by atoms with Crippen molar-refractivity contribution < 1.29 is 4.74 Å². The van der Waals surface area contributed by atoms with Gasteiger partial charge in [-0.1, -0.05) is 12.1 Å². The lowest BCUT2D eigenvalue weighted by Gasteiger charge is -2.34. The molecule has 1 unspecified atom stereocenters. The molecule has 1 aromatic carbocycles. The van der Waals surface area contributed by atoms with E-state index in [1.807, 2.05) is 12.1 Å². The Hall–Kier alpha value is -4.17. The summed E-state index contributed by atoms with van der Waals surface area (Å²) in [7, 11) is 1.60. The Morgan fingerprint density at radius 2 is 1.83 bits per heavy atom. The standard InChI is InChI=1S/C30H38N8O3/c1-41-26-18-33-29(34-19-26)35-13-9-22(10-14-35)7-3-12-37-28(39)16-27(36-11-4-8-25(32)21-36)38(30(37)40)20-24-6-2-5-23(15-24)17-31/h2,5-6,15-16,18-19,22,25H,3-4,7-14,20-21,32H2,1H3. The van der Waals surface area contributed by atoms with E-state index in [4.69, 9.17) is 10.5 Å². The molecule has 11 nitrogen and oxygen atoms in total. The largest absolute Gasteiger partial charge is 0.494 e. The van der Waals surface area contributed by atoms with E-state index in [2.05, 4.69) is 25.8 Å². The molecule has 41 heavy (non-hydrogen) atoms. The van der Waals surface area contributed by atoms with Gasteiger partial charge < -0.3 is 20.3 Å². The lowest BCUT2D eigenvalue weighted by atomic mass is 9.92. The first-order chi connectivity index (χ1) is 19.9. The second-order valence-electron chi connectivity index (χ2n) is 11.0. The van der Waals surface area contributed by atoms with Crippen LogP contribution >= 0.6 is 0 Å². The minimum Gasteiger partial charge on any atom is -0.494 e. The minimum absolute atomic E-state index is 0.000602. The number of nitriles is 1. The Labute approximate surface area is 239 Å². The third kappa shape index (κ3) is 6.77. The molecule has 5 rings (SSSR count). The summed E-state index contributed by atoms with van der Waals surface area (Å²) < 4.78 is 8.18. The van der Waals surface area contributed by atoms with Crippen LogP contribution in [0.2, 0.25) is 0 Å². The van der Waals surface area contributed by atoms with Crippen LogP contribution in [-0.2, 0) is 13.1 Å². The average molecular weight is 559 g/mol. The summed E-state index contributed by atoms with van der Waals surface area (Å²) in [6.45, 7) is 3.74. The summed E-state index contributed by atoms with van der Waals surface area (Å²) in [5.74, 6) is 2.47. The lowest BCUT2D eigenvalue weighted by molar-refractivity contribution is 0.357. The van der Waals surface area contributed by atoms with E-state index in [0.29, 0.717) is 42.1 Å². The van der Waals surface area contributed by atoms with Gasteiger partial charge in [0, 0.05) is 44.8 Å². The molecule has 0 aliphatic carbocycles. The molecule has 11 heteroatoms. The fourth-order valence-corrected chi connectivity index (χ4v) is 5.90. The van der Waals surface area contributed by atoms with Gasteiger partial charge in [0.05, 0.1) is 37.7 Å². The Bertz CT molecular complexity index is 1490. The highest BCUT2D eigenvalue weighted by molar-refractivity contribution is 5.41. The van der Waals surface area contributed by atoms with Gasteiger partial charge in [0.15, 0.2) is 5.75 Å². The van der Waals surface area contributed by atoms with Gasteiger partial charge >= 0.3 is 5.69 Å². The number of methoxy groups -OCH3 is 1. The first-order valence-electron chi connectivity index (χ1n) is 14.4. The third-order valence-corrected chi connectivity index (χ3v) is 8.18. The van der Waals surface area contributed by atoms with Gasteiger partial charge in [-0.2, -0.15) is 5.26 Å². The van der Waals surface area contributed by atoms with Crippen molar-refractivity contribution in [2.75, 3.05) is 43.1 Å². The number of nitrogens with two attached hydrogens (primary N) is 1. The molecule has 0 amide bonds. The lowest BCUT2D eigenvalue weighted by Crippen LogP contribution is -2.48. The summed E-state index contributed by atoms with van der Waals surface area (Å²) in [5.41, 5.74) is 7.01. The van der Waals surface area contributed by atoms with E-state index in [0.717, 1.165) is 63.7 Å². The van der Waals surface area contributed by atoms with Crippen LogP contribution < -0.4 is 31.5 Å². The minimum atomic E-state index is -0.319. The molecular weight excluding hydrogens is 520 g/mol. The second kappa shape index (κ2) is 13.0. The molecule has 216 valence electrons. The highest BCUT2D eigenvalue weighted by Gasteiger charge is 2.24. The normalized spacial score (nSPS) is 17.8. The van der Waals surface area contributed by atoms with Crippen molar-refractivity contribution in [1.82, 2.24) is 19.1 Å². The summed E-state index contributed by atoms with van der Waals surface area (Å²) in [5, 5.41) is 9.35.